The van der Waals surface area contributed by atoms with E-state index < -0.39 is 0 Å². The standard InChI is InChI=1S/C16H25ClN2O2/c1-3-6-18-8-13-7-14(17)4-5-16(13)19-9-12(2)21-15(10-19)11-20/h4-5,7,12,15,18,20H,3,6,8-11H2,1-2H3. The predicted octanol–water partition coefficient (Wildman–Crippen LogP) is 2.43. The molecule has 2 rings (SSSR count). The van der Waals surface area contributed by atoms with Crippen molar-refractivity contribution in [2.24, 2.45) is 0 Å². The van der Waals surface area contributed by atoms with Crippen LogP contribution in [0.3, 0.4) is 0 Å². The topological polar surface area (TPSA) is 44.7 Å². The number of aliphatic hydroxyl groups excluding tert-OH is 1. The van der Waals surface area contributed by atoms with Gasteiger partial charge >= 0.3 is 0 Å². The van der Waals surface area contributed by atoms with Gasteiger partial charge in [-0.25, -0.2) is 0 Å². The summed E-state index contributed by atoms with van der Waals surface area (Å²) in [7, 11) is 0. The fourth-order valence-corrected chi connectivity index (χ4v) is 2.94. The van der Waals surface area contributed by atoms with E-state index in [2.05, 4.69) is 23.2 Å². The lowest BCUT2D eigenvalue weighted by atomic mass is 10.1. The van der Waals surface area contributed by atoms with Gasteiger partial charge in [0.15, 0.2) is 0 Å². The Hall–Kier alpha value is -0.810. The molecule has 1 fully saturated rings. The maximum atomic E-state index is 9.38. The summed E-state index contributed by atoms with van der Waals surface area (Å²) in [5.74, 6) is 0. The highest BCUT2D eigenvalue weighted by atomic mass is 35.5. The van der Waals surface area contributed by atoms with E-state index >= 15 is 0 Å². The van der Waals surface area contributed by atoms with Gasteiger partial charge in [0.05, 0.1) is 18.8 Å². The number of nitrogens with one attached hydrogen (secondary N) is 1. The lowest BCUT2D eigenvalue weighted by molar-refractivity contribution is -0.0421. The van der Waals surface area contributed by atoms with Crippen LogP contribution in [0, 0.1) is 0 Å². The van der Waals surface area contributed by atoms with E-state index in [1.54, 1.807) is 0 Å². The van der Waals surface area contributed by atoms with E-state index in [0.717, 1.165) is 31.1 Å². The Bertz CT molecular complexity index is 456. The van der Waals surface area contributed by atoms with E-state index in [9.17, 15) is 5.11 Å². The number of benzene rings is 1. The third kappa shape index (κ3) is 4.58. The number of hydrogen-bond acceptors (Lipinski definition) is 4. The molecular weight excluding hydrogens is 288 g/mol. The zero-order valence-electron chi connectivity index (χ0n) is 12.8. The molecule has 1 aliphatic heterocycles. The van der Waals surface area contributed by atoms with Crippen LogP contribution in [-0.4, -0.2) is 43.6 Å². The molecule has 1 aromatic carbocycles. The highest BCUT2D eigenvalue weighted by Gasteiger charge is 2.26. The predicted molar refractivity (Wildman–Crippen MR) is 87.1 cm³/mol. The smallest absolute Gasteiger partial charge is 0.0984 e. The van der Waals surface area contributed by atoms with Crippen molar-refractivity contribution < 1.29 is 9.84 Å². The number of hydrogen-bond donors (Lipinski definition) is 2. The van der Waals surface area contributed by atoms with Crippen molar-refractivity contribution in [2.75, 3.05) is 31.1 Å². The summed E-state index contributed by atoms with van der Waals surface area (Å²) >= 11 is 6.14. The van der Waals surface area contributed by atoms with Crippen LogP contribution in [-0.2, 0) is 11.3 Å². The van der Waals surface area contributed by atoms with Gasteiger partial charge in [-0.3, -0.25) is 0 Å². The van der Waals surface area contributed by atoms with Crippen LogP contribution in [0.1, 0.15) is 25.8 Å². The molecule has 118 valence electrons. The number of nitrogens with zero attached hydrogens (tertiary/aromatic N) is 1. The first kappa shape index (κ1) is 16.6. The van der Waals surface area contributed by atoms with E-state index in [0.29, 0.717) is 6.54 Å². The zero-order valence-corrected chi connectivity index (χ0v) is 13.6. The number of rotatable bonds is 6. The molecule has 2 atom stereocenters. The molecule has 1 aliphatic rings. The number of halogens is 1. The Kier molecular flexibility index (Phi) is 6.30. The summed E-state index contributed by atoms with van der Waals surface area (Å²) in [5, 5.41) is 13.6. The van der Waals surface area contributed by atoms with Crippen molar-refractivity contribution >= 4 is 17.3 Å². The maximum Gasteiger partial charge on any atom is 0.0984 e. The molecule has 2 N–H and O–H groups in total. The molecule has 0 spiro atoms. The SMILES string of the molecule is CCCNCc1cc(Cl)ccc1N1CC(C)OC(CO)C1. The second kappa shape index (κ2) is 7.99. The monoisotopic (exact) mass is 312 g/mol. The van der Waals surface area contributed by atoms with Crippen molar-refractivity contribution in [3.63, 3.8) is 0 Å². The zero-order chi connectivity index (χ0) is 15.2. The van der Waals surface area contributed by atoms with Gasteiger partial charge in [-0.05, 0) is 43.7 Å². The Morgan fingerprint density at radius 3 is 2.95 bits per heavy atom. The average Bonchev–Trinajstić information content (AvgIpc) is 2.47. The van der Waals surface area contributed by atoms with Crippen molar-refractivity contribution in [1.29, 1.82) is 0 Å². The first-order valence-electron chi connectivity index (χ1n) is 7.64. The fourth-order valence-electron chi connectivity index (χ4n) is 2.75. The Balaban J connectivity index is 2.16. The third-order valence-corrected chi connectivity index (χ3v) is 3.89. The van der Waals surface area contributed by atoms with Gasteiger partial charge in [0.2, 0.25) is 0 Å². The molecular formula is C16H25ClN2O2. The minimum Gasteiger partial charge on any atom is -0.394 e. The van der Waals surface area contributed by atoms with Crippen LogP contribution in [0.5, 0.6) is 0 Å². The van der Waals surface area contributed by atoms with Crippen molar-refractivity contribution in [3.05, 3.63) is 28.8 Å². The van der Waals surface area contributed by atoms with E-state index in [1.807, 2.05) is 19.1 Å². The van der Waals surface area contributed by atoms with Crippen LogP contribution in [0.15, 0.2) is 18.2 Å². The average molecular weight is 313 g/mol. The first-order chi connectivity index (χ1) is 10.1. The van der Waals surface area contributed by atoms with E-state index in [-0.39, 0.29) is 18.8 Å². The van der Waals surface area contributed by atoms with Crippen LogP contribution in [0.2, 0.25) is 5.02 Å². The first-order valence-corrected chi connectivity index (χ1v) is 8.02. The van der Waals surface area contributed by atoms with Gasteiger partial charge < -0.3 is 20.1 Å². The van der Waals surface area contributed by atoms with Crippen molar-refractivity contribution in [2.45, 2.75) is 39.0 Å². The van der Waals surface area contributed by atoms with Gasteiger partial charge in [0.1, 0.15) is 0 Å². The molecule has 0 bridgehead atoms. The number of ether oxygens (including phenoxy) is 1. The normalized spacial score (nSPS) is 22.6. The summed E-state index contributed by atoms with van der Waals surface area (Å²) in [6.45, 7) is 7.59. The van der Waals surface area contributed by atoms with Gasteiger partial charge in [-0.15, -0.1) is 0 Å². The molecule has 0 aromatic heterocycles. The van der Waals surface area contributed by atoms with Gasteiger partial charge in [-0.1, -0.05) is 18.5 Å². The van der Waals surface area contributed by atoms with Crippen molar-refractivity contribution in [3.8, 4) is 0 Å². The lowest BCUT2D eigenvalue weighted by Gasteiger charge is -2.38. The largest absolute Gasteiger partial charge is 0.394 e. The quantitative estimate of drug-likeness (QED) is 0.792. The van der Waals surface area contributed by atoms with Crippen LogP contribution < -0.4 is 10.2 Å². The molecule has 0 radical (unpaired) electrons. The maximum absolute atomic E-state index is 9.38. The molecule has 0 amide bonds. The summed E-state index contributed by atoms with van der Waals surface area (Å²) < 4.78 is 5.72. The summed E-state index contributed by atoms with van der Waals surface area (Å²) in [6.07, 6.45) is 1.10. The second-order valence-electron chi connectivity index (χ2n) is 5.61. The molecule has 1 saturated heterocycles. The van der Waals surface area contributed by atoms with E-state index in [4.69, 9.17) is 16.3 Å². The molecule has 0 saturated carbocycles. The Labute approximate surface area is 132 Å². The number of aliphatic hydroxyl groups is 1. The molecule has 21 heavy (non-hydrogen) atoms. The van der Waals surface area contributed by atoms with E-state index in [1.165, 1.54) is 11.3 Å². The number of anilines is 1. The van der Waals surface area contributed by atoms with Gasteiger partial charge in [0, 0.05) is 30.3 Å². The second-order valence-corrected chi connectivity index (χ2v) is 6.04. The van der Waals surface area contributed by atoms with Crippen LogP contribution >= 0.6 is 11.6 Å². The van der Waals surface area contributed by atoms with Gasteiger partial charge in [-0.2, -0.15) is 0 Å². The molecule has 0 aliphatic carbocycles. The van der Waals surface area contributed by atoms with Crippen molar-refractivity contribution in [1.82, 2.24) is 5.32 Å². The molecule has 1 aromatic rings. The summed E-state index contributed by atoms with van der Waals surface area (Å²) in [4.78, 5) is 2.29. The summed E-state index contributed by atoms with van der Waals surface area (Å²) in [5.41, 5.74) is 2.37. The minimum atomic E-state index is -0.124. The Morgan fingerprint density at radius 2 is 2.24 bits per heavy atom. The lowest BCUT2D eigenvalue weighted by Crippen LogP contribution is -2.48. The minimum absolute atomic E-state index is 0.0534. The Morgan fingerprint density at radius 1 is 1.43 bits per heavy atom. The molecule has 5 heteroatoms. The summed E-state index contributed by atoms with van der Waals surface area (Å²) in [6, 6.07) is 6.01. The highest BCUT2D eigenvalue weighted by Crippen LogP contribution is 2.27. The molecule has 4 nitrogen and oxygen atoms in total. The third-order valence-electron chi connectivity index (χ3n) is 3.65. The molecule has 2 unspecified atom stereocenters. The fraction of sp³-hybridized carbons (Fsp3) is 0.625. The van der Waals surface area contributed by atoms with Gasteiger partial charge in [0.25, 0.3) is 0 Å². The molecule has 1 heterocycles. The van der Waals surface area contributed by atoms with Crippen LogP contribution in [0.4, 0.5) is 5.69 Å². The highest BCUT2D eigenvalue weighted by molar-refractivity contribution is 6.30. The van der Waals surface area contributed by atoms with Crippen LogP contribution in [0.25, 0.3) is 0 Å². The number of morpholine rings is 1.